The van der Waals surface area contributed by atoms with Crippen molar-refractivity contribution in [3.8, 4) is 0 Å². The van der Waals surface area contributed by atoms with Gasteiger partial charge >= 0.3 is 0 Å². The summed E-state index contributed by atoms with van der Waals surface area (Å²) < 4.78 is 11.4. The minimum absolute atomic E-state index is 0.270. The fourth-order valence-corrected chi connectivity index (χ4v) is 2.79. The van der Waals surface area contributed by atoms with Gasteiger partial charge in [0.25, 0.3) is 0 Å². The van der Waals surface area contributed by atoms with E-state index >= 15 is 0 Å². The molecule has 14 heavy (non-hydrogen) atoms. The minimum Gasteiger partial charge on any atom is -0.381 e. The summed E-state index contributed by atoms with van der Waals surface area (Å²) in [7, 11) is 2.16. The maximum atomic E-state index is 5.80. The van der Waals surface area contributed by atoms with Gasteiger partial charge in [0.15, 0.2) is 0 Å². The number of nitrogens with zero attached hydrogens (tertiary/aromatic N) is 1. The largest absolute Gasteiger partial charge is 0.381 e. The third-order valence-electron chi connectivity index (χ3n) is 3.72. The van der Waals surface area contributed by atoms with Crippen molar-refractivity contribution in [3.05, 3.63) is 0 Å². The SMILES string of the molecule is CCOC1C2COCC(CN1C)C2C. The lowest BCUT2D eigenvalue weighted by molar-refractivity contribution is -0.185. The van der Waals surface area contributed by atoms with Gasteiger partial charge in [-0.15, -0.1) is 0 Å². The van der Waals surface area contributed by atoms with Crippen LogP contribution in [-0.4, -0.2) is 44.5 Å². The fourth-order valence-electron chi connectivity index (χ4n) is 2.79. The Bertz CT molecular complexity index is 196. The van der Waals surface area contributed by atoms with E-state index in [2.05, 4.69) is 25.8 Å². The highest BCUT2D eigenvalue weighted by Crippen LogP contribution is 2.36. The standard InChI is InChI=1S/C11H21NO2/c1-4-14-11-10-7-13-6-9(8(10)2)5-12(11)3/h8-11H,4-7H2,1-3H3. The molecule has 0 saturated carbocycles. The van der Waals surface area contributed by atoms with Crippen molar-refractivity contribution < 1.29 is 9.47 Å². The zero-order valence-electron chi connectivity index (χ0n) is 9.40. The summed E-state index contributed by atoms with van der Waals surface area (Å²) in [6.07, 6.45) is 0.270. The van der Waals surface area contributed by atoms with E-state index in [1.54, 1.807) is 0 Å². The number of likely N-dealkylation sites (tertiary alicyclic amines) is 1. The van der Waals surface area contributed by atoms with Crippen molar-refractivity contribution in [2.45, 2.75) is 20.1 Å². The fraction of sp³-hybridized carbons (Fsp3) is 1.00. The molecule has 2 saturated heterocycles. The van der Waals surface area contributed by atoms with E-state index in [4.69, 9.17) is 9.47 Å². The first kappa shape index (κ1) is 10.4. The zero-order chi connectivity index (χ0) is 10.1. The van der Waals surface area contributed by atoms with Crippen molar-refractivity contribution in [2.75, 3.05) is 33.4 Å². The smallest absolute Gasteiger partial charge is 0.115 e. The molecule has 0 aromatic heterocycles. The number of hydrogen-bond donors (Lipinski definition) is 0. The van der Waals surface area contributed by atoms with Gasteiger partial charge in [-0.3, -0.25) is 4.90 Å². The second-order valence-corrected chi connectivity index (χ2v) is 4.61. The number of fused-ring (bicyclic) bond motifs is 2. The molecule has 2 rings (SSSR count). The predicted octanol–water partition coefficient (Wildman–Crippen LogP) is 1.19. The Morgan fingerprint density at radius 2 is 2.21 bits per heavy atom. The first-order valence-electron chi connectivity index (χ1n) is 5.63. The van der Waals surface area contributed by atoms with Crippen molar-refractivity contribution in [3.63, 3.8) is 0 Å². The van der Waals surface area contributed by atoms with Crippen LogP contribution in [0.15, 0.2) is 0 Å². The van der Waals surface area contributed by atoms with E-state index < -0.39 is 0 Å². The average molecular weight is 199 g/mol. The maximum Gasteiger partial charge on any atom is 0.115 e. The van der Waals surface area contributed by atoms with Gasteiger partial charge in [-0.1, -0.05) is 6.92 Å². The quantitative estimate of drug-likeness (QED) is 0.667. The monoisotopic (exact) mass is 199 g/mol. The molecule has 2 heterocycles. The molecule has 0 amide bonds. The average Bonchev–Trinajstić information content (AvgIpc) is 2.15. The molecule has 0 aliphatic carbocycles. The van der Waals surface area contributed by atoms with E-state index in [1.165, 1.54) is 0 Å². The summed E-state index contributed by atoms with van der Waals surface area (Å²) in [5.41, 5.74) is 0. The zero-order valence-corrected chi connectivity index (χ0v) is 9.40. The van der Waals surface area contributed by atoms with Gasteiger partial charge in [0.1, 0.15) is 6.23 Å². The predicted molar refractivity (Wildman–Crippen MR) is 55.0 cm³/mol. The topological polar surface area (TPSA) is 21.7 Å². The van der Waals surface area contributed by atoms with Crippen molar-refractivity contribution in [2.24, 2.45) is 17.8 Å². The van der Waals surface area contributed by atoms with Gasteiger partial charge < -0.3 is 9.47 Å². The van der Waals surface area contributed by atoms with Crippen LogP contribution in [0.2, 0.25) is 0 Å². The van der Waals surface area contributed by atoms with Gasteiger partial charge in [-0.2, -0.15) is 0 Å². The molecule has 2 aliphatic heterocycles. The minimum atomic E-state index is 0.270. The molecule has 0 spiro atoms. The van der Waals surface area contributed by atoms with Crippen LogP contribution in [0.3, 0.4) is 0 Å². The summed E-state index contributed by atoms with van der Waals surface area (Å²) in [5.74, 6) is 2.01. The molecule has 0 aromatic rings. The molecule has 3 heteroatoms. The van der Waals surface area contributed by atoms with Crippen molar-refractivity contribution in [1.29, 1.82) is 0 Å². The molecule has 4 atom stereocenters. The highest BCUT2D eigenvalue weighted by molar-refractivity contribution is 4.89. The first-order chi connectivity index (χ1) is 6.74. The van der Waals surface area contributed by atoms with Crippen LogP contribution in [0.1, 0.15) is 13.8 Å². The van der Waals surface area contributed by atoms with Crippen LogP contribution in [0.25, 0.3) is 0 Å². The molecule has 2 aliphatic rings. The molecule has 3 nitrogen and oxygen atoms in total. The van der Waals surface area contributed by atoms with Gasteiger partial charge in [-0.05, 0) is 25.8 Å². The molecule has 2 fully saturated rings. The van der Waals surface area contributed by atoms with Crippen LogP contribution in [-0.2, 0) is 9.47 Å². The van der Waals surface area contributed by atoms with E-state index in [-0.39, 0.29) is 6.23 Å². The second kappa shape index (κ2) is 4.17. The Kier molecular flexibility index (Phi) is 3.10. The molecular weight excluding hydrogens is 178 g/mol. The Morgan fingerprint density at radius 1 is 1.43 bits per heavy atom. The Labute approximate surface area is 86.4 Å². The van der Waals surface area contributed by atoms with Crippen LogP contribution in [0.4, 0.5) is 0 Å². The number of ether oxygens (including phenoxy) is 2. The maximum absolute atomic E-state index is 5.80. The molecule has 0 N–H and O–H groups in total. The van der Waals surface area contributed by atoms with Gasteiger partial charge in [-0.25, -0.2) is 0 Å². The molecular formula is C11H21NO2. The second-order valence-electron chi connectivity index (χ2n) is 4.61. The number of rotatable bonds is 2. The lowest BCUT2D eigenvalue weighted by Gasteiger charge is -2.49. The molecule has 82 valence electrons. The van der Waals surface area contributed by atoms with Crippen LogP contribution in [0, 0.1) is 17.8 Å². The van der Waals surface area contributed by atoms with E-state index in [1.807, 2.05) is 0 Å². The van der Waals surface area contributed by atoms with Crippen LogP contribution in [0.5, 0.6) is 0 Å². The summed E-state index contributed by atoms with van der Waals surface area (Å²) in [6, 6.07) is 0. The summed E-state index contributed by atoms with van der Waals surface area (Å²) in [5, 5.41) is 0. The summed E-state index contributed by atoms with van der Waals surface area (Å²) in [4.78, 5) is 2.35. The van der Waals surface area contributed by atoms with Gasteiger partial charge in [0.05, 0.1) is 13.2 Å². The molecule has 4 unspecified atom stereocenters. The lowest BCUT2D eigenvalue weighted by Crippen LogP contribution is -2.57. The Morgan fingerprint density at radius 3 is 2.93 bits per heavy atom. The van der Waals surface area contributed by atoms with Crippen molar-refractivity contribution in [1.82, 2.24) is 4.90 Å². The third-order valence-corrected chi connectivity index (χ3v) is 3.72. The summed E-state index contributed by atoms with van der Waals surface area (Å²) in [6.45, 7) is 8.11. The molecule has 0 aromatic carbocycles. The Hall–Kier alpha value is -0.120. The van der Waals surface area contributed by atoms with Crippen LogP contribution < -0.4 is 0 Å². The molecule has 0 radical (unpaired) electrons. The first-order valence-corrected chi connectivity index (χ1v) is 5.63. The van der Waals surface area contributed by atoms with Crippen molar-refractivity contribution >= 4 is 0 Å². The number of hydrogen-bond acceptors (Lipinski definition) is 3. The number of piperidine rings is 1. The van der Waals surface area contributed by atoms with Crippen LogP contribution >= 0.6 is 0 Å². The lowest BCUT2D eigenvalue weighted by atomic mass is 9.77. The summed E-state index contributed by atoms with van der Waals surface area (Å²) >= 11 is 0. The highest BCUT2D eigenvalue weighted by atomic mass is 16.5. The van der Waals surface area contributed by atoms with E-state index in [0.29, 0.717) is 11.8 Å². The van der Waals surface area contributed by atoms with Gasteiger partial charge in [0, 0.05) is 19.1 Å². The molecule has 2 bridgehead atoms. The highest BCUT2D eigenvalue weighted by Gasteiger charge is 2.43. The van der Waals surface area contributed by atoms with Gasteiger partial charge in [0.2, 0.25) is 0 Å². The van der Waals surface area contributed by atoms with E-state index in [0.717, 1.165) is 32.3 Å². The normalized spacial score (nSPS) is 43.9. The Balaban J connectivity index is 2.08. The van der Waals surface area contributed by atoms with E-state index in [9.17, 15) is 0 Å². The third kappa shape index (κ3) is 1.69.